The van der Waals surface area contributed by atoms with E-state index in [1.807, 2.05) is 4.90 Å². The first-order chi connectivity index (χ1) is 12.8. The number of nitrogens with zero attached hydrogens (tertiary/aromatic N) is 5. The molecule has 1 fully saturated rings. The summed E-state index contributed by atoms with van der Waals surface area (Å²) < 4.78 is 53.7. The molecule has 0 unspecified atom stereocenters. The molecule has 1 aliphatic rings. The average Bonchev–Trinajstić information content (AvgIpc) is 3.14. The van der Waals surface area contributed by atoms with Crippen molar-refractivity contribution in [3.05, 3.63) is 35.7 Å². The van der Waals surface area contributed by atoms with E-state index in [1.165, 1.54) is 0 Å². The smallest absolute Gasteiger partial charge is 0.243 e. The van der Waals surface area contributed by atoms with E-state index in [4.69, 9.17) is 0 Å². The molecule has 0 radical (unpaired) electrons. The van der Waals surface area contributed by atoms with Gasteiger partial charge in [0.25, 0.3) is 0 Å². The quantitative estimate of drug-likeness (QED) is 0.784. The highest BCUT2D eigenvalue weighted by molar-refractivity contribution is 7.89. The van der Waals surface area contributed by atoms with Crippen LogP contribution in [0.2, 0.25) is 0 Å². The zero-order valence-corrected chi connectivity index (χ0v) is 15.8. The molecule has 1 aliphatic heterocycles. The van der Waals surface area contributed by atoms with Gasteiger partial charge in [0, 0.05) is 33.3 Å². The maximum absolute atomic E-state index is 13.8. The van der Waals surface area contributed by atoms with E-state index < -0.39 is 26.6 Å². The zero-order chi connectivity index (χ0) is 19.6. The van der Waals surface area contributed by atoms with Gasteiger partial charge in [-0.25, -0.2) is 21.9 Å². The summed E-state index contributed by atoms with van der Waals surface area (Å²) in [5, 5.41) is 0. The van der Waals surface area contributed by atoms with Gasteiger partial charge in [-0.2, -0.15) is 15.0 Å². The van der Waals surface area contributed by atoms with E-state index in [1.54, 1.807) is 19.0 Å². The summed E-state index contributed by atoms with van der Waals surface area (Å²) in [7, 11) is -0.653. The van der Waals surface area contributed by atoms with Gasteiger partial charge in [-0.05, 0) is 25.0 Å². The molecule has 2 aromatic rings. The molecule has 8 nitrogen and oxygen atoms in total. The van der Waals surface area contributed by atoms with Crippen LogP contribution in [0, 0.1) is 11.6 Å². The first-order valence-electron chi connectivity index (χ1n) is 8.38. The Balaban J connectivity index is 1.84. The van der Waals surface area contributed by atoms with Crippen molar-refractivity contribution in [2.75, 3.05) is 37.0 Å². The number of rotatable bonds is 6. The Bertz CT molecular complexity index is 933. The van der Waals surface area contributed by atoms with Crippen LogP contribution in [-0.2, 0) is 16.6 Å². The van der Waals surface area contributed by atoms with Crippen molar-refractivity contribution < 1.29 is 17.2 Å². The third kappa shape index (κ3) is 4.48. The van der Waals surface area contributed by atoms with Gasteiger partial charge in [0.05, 0.1) is 6.54 Å². The van der Waals surface area contributed by atoms with Crippen LogP contribution < -0.4 is 14.5 Å². The maximum Gasteiger partial charge on any atom is 0.243 e. The minimum absolute atomic E-state index is 0.210. The SMILES string of the molecule is CN(C)c1nc(CNS(=O)(=O)c2ccc(F)cc2F)nc(N2CCCC2)n1. The highest BCUT2D eigenvalue weighted by atomic mass is 32.2. The number of sulfonamides is 1. The van der Waals surface area contributed by atoms with E-state index in [0.29, 0.717) is 18.0 Å². The lowest BCUT2D eigenvalue weighted by atomic mass is 10.3. The van der Waals surface area contributed by atoms with Gasteiger partial charge in [0.2, 0.25) is 21.9 Å². The topological polar surface area (TPSA) is 91.3 Å². The fourth-order valence-electron chi connectivity index (χ4n) is 2.66. The lowest BCUT2D eigenvalue weighted by Gasteiger charge is -2.19. The van der Waals surface area contributed by atoms with Gasteiger partial charge in [-0.3, -0.25) is 0 Å². The van der Waals surface area contributed by atoms with Crippen LogP contribution in [0.15, 0.2) is 23.1 Å². The third-order valence-corrected chi connectivity index (χ3v) is 5.49. The van der Waals surface area contributed by atoms with Crippen LogP contribution in [-0.4, -0.2) is 50.6 Å². The van der Waals surface area contributed by atoms with E-state index in [0.717, 1.165) is 38.1 Å². The molecule has 146 valence electrons. The van der Waals surface area contributed by atoms with E-state index in [-0.39, 0.29) is 12.4 Å². The molecule has 27 heavy (non-hydrogen) atoms. The highest BCUT2D eigenvalue weighted by Gasteiger charge is 2.22. The molecule has 1 saturated heterocycles. The lowest BCUT2D eigenvalue weighted by molar-refractivity contribution is 0.542. The molecule has 3 rings (SSSR count). The second-order valence-corrected chi connectivity index (χ2v) is 8.07. The molecule has 1 aromatic carbocycles. The van der Waals surface area contributed by atoms with Gasteiger partial charge >= 0.3 is 0 Å². The predicted octanol–water partition coefficient (Wildman–Crippen LogP) is 1.29. The fourth-order valence-corrected chi connectivity index (χ4v) is 3.70. The van der Waals surface area contributed by atoms with Crippen molar-refractivity contribution in [3.63, 3.8) is 0 Å². The Morgan fingerprint density at radius 2 is 1.85 bits per heavy atom. The summed E-state index contributed by atoms with van der Waals surface area (Å²) in [6.45, 7) is 1.40. The second-order valence-electron chi connectivity index (χ2n) is 6.34. The maximum atomic E-state index is 13.8. The Hall–Kier alpha value is -2.40. The largest absolute Gasteiger partial charge is 0.347 e. The molecule has 0 amide bonds. The van der Waals surface area contributed by atoms with Gasteiger partial charge in [-0.15, -0.1) is 0 Å². The van der Waals surface area contributed by atoms with Crippen LogP contribution in [0.5, 0.6) is 0 Å². The molecule has 11 heteroatoms. The van der Waals surface area contributed by atoms with E-state index in [9.17, 15) is 17.2 Å². The van der Waals surface area contributed by atoms with Crippen molar-refractivity contribution >= 4 is 21.9 Å². The normalized spacial score (nSPS) is 14.6. The van der Waals surface area contributed by atoms with E-state index >= 15 is 0 Å². The van der Waals surface area contributed by atoms with Crippen molar-refractivity contribution in [2.24, 2.45) is 0 Å². The Morgan fingerprint density at radius 1 is 1.15 bits per heavy atom. The average molecular weight is 398 g/mol. The molecular formula is C16H20F2N6O2S. The minimum Gasteiger partial charge on any atom is -0.347 e. The Morgan fingerprint density at radius 3 is 2.48 bits per heavy atom. The number of hydrogen-bond donors (Lipinski definition) is 1. The fraction of sp³-hybridized carbons (Fsp3) is 0.438. The second kappa shape index (κ2) is 7.69. The summed E-state index contributed by atoms with van der Waals surface area (Å²) >= 11 is 0. The first-order valence-corrected chi connectivity index (χ1v) is 9.86. The van der Waals surface area contributed by atoms with Crippen molar-refractivity contribution in [3.8, 4) is 0 Å². The number of aromatic nitrogens is 3. The minimum atomic E-state index is -4.19. The molecule has 2 heterocycles. The first kappa shape index (κ1) is 19.4. The lowest BCUT2D eigenvalue weighted by Crippen LogP contribution is -2.28. The summed E-state index contributed by atoms with van der Waals surface area (Å²) in [5.41, 5.74) is 0. The number of benzene rings is 1. The predicted molar refractivity (Wildman–Crippen MR) is 96.0 cm³/mol. The molecule has 1 aromatic heterocycles. The summed E-state index contributed by atoms with van der Waals surface area (Å²) in [4.78, 5) is 16.0. The summed E-state index contributed by atoms with van der Waals surface area (Å²) in [6.07, 6.45) is 2.07. The number of nitrogens with one attached hydrogen (secondary N) is 1. The van der Waals surface area contributed by atoms with Crippen molar-refractivity contribution in [1.29, 1.82) is 0 Å². The van der Waals surface area contributed by atoms with Gasteiger partial charge < -0.3 is 9.80 Å². The molecule has 0 saturated carbocycles. The number of hydrogen-bond acceptors (Lipinski definition) is 7. The van der Waals surface area contributed by atoms with Crippen molar-refractivity contribution in [1.82, 2.24) is 19.7 Å². The van der Waals surface area contributed by atoms with Crippen molar-refractivity contribution in [2.45, 2.75) is 24.3 Å². The highest BCUT2D eigenvalue weighted by Crippen LogP contribution is 2.19. The zero-order valence-electron chi connectivity index (χ0n) is 15.0. The third-order valence-electron chi connectivity index (χ3n) is 4.05. The molecule has 0 atom stereocenters. The van der Waals surface area contributed by atoms with Crippen LogP contribution in [0.25, 0.3) is 0 Å². The molecular weight excluding hydrogens is 378 g/mol. The Labute approximate surface area is 156 Å². The summed E-state index contributed by atoms with van der Waals surface area (Å²) in [6, 6.07) is 2.28. The summed E-state index contributed by atoms with van der Waals surface area (Å²) in [5.74, 6) is -0.927. The number of anilines is 2. The molecule has 0 aliphatic carbocycles. The monoisotopic (exact) mass is 398 g/mol. The molecule has 0 spiro atoms. The number of halogens is 2. The van der Waals surface area contributed by atoms with Crippen LogP contribution in [0.3, 0.4) is 0 Å². The van der Waals surface area contributed by atoms with Crippen LogP contribution >= 0.6 is 0 Å². The van der Waals surface area contributed by atoms with Crippen LogP contribution in [0.1, 0.15) is 18.7 Å². The van der Waals surface area contributed by atoms with Gasteiger partial charge in [-0.1, -0.05) is 0 Å². The van der Waals surface area contributed by atoms with Gasteiger partial charge in [0.15, 0.2) is 5.82 Å². The van der Waals surface area contributed by atoms with Crippen LogP contribution in [0.4, 0.5) is 20.7 Å². The van der Waals surface area contributed by atoms with Gasteiger partial charge in [0.1, 0.15) is 16.5 Å². The Kier molecular flexibility index (Phi) is 5.51. The van der Waals surface area contributed by atoms with E-state index in [2.05, 4.69) is 19.7 Å². The standard InChI is InChI=1S/C16H20F2N6O2S/c1-23(2)15-20-14(21-16(22-15)24-7-3-4-8-24)10-19-27(25,26)13-6-5-11(17)9-12(13)18/h5-6,9,19H,3-4,7-8,10H2,1-2H3. The molecule has 1 N–H and O–H groups in total. The molecule has 0 bridgehead atoms.